The molecule has 1 rings (SSSR count). The highest BCUT2D eigenvalue weighted by Gasteiger charge is 2.73. The third-order valence-electron chi connectivity index (χ3n) is 2.32. The minimum Gasteiger partial charge on any atom is -0.354 e. The molecule has 1 fully saturated rings. The van der Waals surface area contributed by atoms with Crippen LogP contribution in [0.3, 0.4) is 0 Å². The zero-order valence-corrected chi connectivity index (χ0v) is 7.24. The molecule has 1 aliphatic heterocycles. The molecule has 0 amide bonds. The van der Waals surface area contributed by atoms with Crippen LogP contribution in [-0.4, -0.2) is 29.6 Å². The summed E-state index contributed by atoms with van der Waals surface area (Å²) in [4.78, 5) is 0. The first-order valence-corrected chi connectivity index (χ1v) is 3.94. The highest BCUT2D eigenvalue weighted by atomic mass is 19.4. The first-order valence-electron chi connectivity index (χ1n) is 3.94. The van der Waals surface area contributed by atoms with Gasteiger partial charge in [-0.05, 0) is 6.42 Å². The topological polar surface area (TPSA) is 29.5 Å². The molecule has 0 aromatic rings. The fourth-order valence-electron chi connectivity index (χ4n) is 1.27. The number of rotatable bonds is 0. The monoisotopic (exact) mass is 220 g/mol. The van der Waals surface area contributed by atoms with Crippen molar-refractivity contribution in [3.05, 3.63) is 0 Å². The molecule has 84 valence electrons. The summed E-state index contributed by atoms with van der Waals surface area (Å²) in [6.45, 7) is 0.409. The number of hydrogen-bond donors (Lipinski definition) is 1. The van der Waals surface area contributed by atoms with E-state index in [-0.39, 0.29) is 6.42 Å². The lowest BCUT2D eigenvalue weighted by Crippen LogP contribution is -2.65. The molecule has 7 heteroatoms. The third-order valence-corrected chi connectivity index (χ3v) is 2.32. The quantitative estimate of drug-likeness (QED) is 0.632. The Morgan fingerprint density at radius 2 is 1.86 bits per heavy atom. The van der Waals surface area contributed by atoms with E-state index in [1.165, 1.54) is 0 Å². The molecule has 0 radical (unpaired) electrons. The minimum atomic E-state index is -5.49. The summed E-state index contributed by atoms with van der Waals surface area (Å²) in [5.74, 6) is -10.2. The van der Waals surface area contributed by atoms with Gasteiger partial charge in [0.15, 0.2) is 0 Å². The van der Waals surface area contributed by atoms with E-state index in [4.69, 9.17) is 5.11 Å². The van der Waals surface area contributed by atoms with Gasteiger partial charge in [0, 0.05) is 5.92 Å². The second-order valence-electron chi connectivity index (χ2n) is 3.30. The Morgan fingerprint density at radius 3 is 2.21 bits per heavy atom. The van der Waals surface area contributed by atoms with Gasteiger partial charge in [-0.15, -0.1) is 0 Å². The van der Waals surface area contributed by atoms with Crippen LogP contribution < -0.4 is 0 Å². The molecule has 0 aromatic heterocycles. The maximum Gasteiger partial charge on any atom is 0.449 e. The highest BCUT2D eigenvalue weighted by molar-refractivity contribution is 4.97. The Morgan fingerprint density at radius 1 is 1.36 bits per heavy atom. The van der Waals surface area contributed by atoms with Gasteiger partial charge < -0.3 is 9.84 Å². The standard InChI is InChI=1S/C7H9F5O2/c1-4-2-3-14-6(13,5(4,8)9)7(10,11)12/h4,13H,2-3H2,1H3/t4-,6?/m0/s1. The van der Waals surface area contributed by atoms with Crippen molar-refractivity contribution < 1.29 is 31.8 Å². The van der Waals surface area contributed by atoms with Crippen molar-refractivity contribution in [2.45, 2.75) is 31.2 Å². The lowest BCUT2D eigenvalue weighted by atomic mass is 9.90. The van der Waals surface area contributed by atoms with E-state index in [0.29, 0.717) is 0 Å². The fourth-order valence-corrected chi connectivity index (χ4v) is 1.27. The van der Waals surface area contributed by atoms with E-state index < -0.39 is 30.4 Å². The summed E-state index contributed by atoms with van der Waals surface area (Å²) in [5.41, 5.74) is 0. The molecule has 0 aliphatic carbocycles. The van der Waals surface area contributed by atoms with Crippen molar-refractivity contribution in [1.82, 2.24) is 0 Å². The van der Waals surface area contributed by atoms with Crippen molar-refractivity contribution in [3.63, 3.8) is 0 Å². The van der Waals surface area contributed by atoms with Crippen LogP contribution in [0.1, 0.15) is 13.3 Å². The van der Waals surface area contributed by atoms with Gasteiger partial charge in [0.25, 0.3) is 0 Å². The average Bonchev–Trinajstić information content (AvgIpc) is 1.98. The molecular formula is C7H9F5O2. The first-order chi connectivity index (χ1) is 6.13. The van der Waals surface area contributed by atoms with Gasteiger partial charge >= 0.3 is 17.9 Å². The molecule has 1 heterocycles. The number of alkyl halides is 5. The van der Waals surface area contributed by atoms with Crippen LogP contribution in [0, 0.1) is 5.92 Å². The van der Waals surface area contributed by atoms with Crippen LogP contribution in [0.4, 0.5) is 22.0 Å². The highest BCUT2D eigenvalue weighted by Crippen LogP contribution is 2.49. The Labute approximate surface area is 76.7 Å². The summed E-state index contributed by atoms with van der Waals surface area (Å²) in [6.07, 6.45) is -5.71. The van der Waals surface area contributed by atoms with Crippen molar-refractivity contribution >= 4 is 0 Å². The second-order valence-corrected chi connectivity index (χ2v) is 3.30. The molecule has 1 aliphatic rings. The lowest BCUT2D eigenvalue weighted by molar-refractivity contribution is -0.451. The van der Waals surface area contributed by atoms with Crippen LogP contribution >= 0.6 is 0 Å². The van der Waals surface area contributed by atoms with Gasteiger partial charge in [-0.2, -0.15) is 22.0 Å². The SMILES string of the molecule is C[C@H]1CCOC(O)(C(F)(F)F)C1(F)F. The van der Waals surface area contributed by atoms with Crippen LogP contribution in [0.25, 0.3) is 0 Å². The molecule has 2 nitrogen and oxygen atoms in total. The molecule has 14 heavy (non-hydrogen) atoms. The molecule has 1 saturated heterocycles. The molecule has 0 spiro atoms. The molecule has 0 bridgehead atoms. The van der Waals surface area contributed by atoms with Gasteiger partial charge in [0.2, 0.25) is 0 Å². The zero-order valence-electron chi connectivity index (χ0n) is 7.24. The second kappa shape index (κ2) is 3.03. The van der Waals surface area contributed by atoms with Crippen LogP contribution in [0.15, 0.2) is 0 Å². The summed E-state index contributed by atoms with van der Waals surface area (Å²) in [5, 5.41) is 8.81. The summed E-state index contributed by atoms with van der Waals surface area (Å²) in [7, 11) is 0. The zero-order chi connectivity index (χ0) is 11.2. The van der Waals surface area contributed by atoms with E-state index in [2.05, 4.69) is 4.74 Å². The number of halogens is 5. The molecule has 0 saturated carbocycles. The van der Waals surface area contributed by atoms with Crippen molar-refractivity contribution in [1.29, 1.82) is 0 Å². The normalized spacial score (nSPS) is 38.4. The smallest absolute Gasteiger partial charge is 0.354 e. The number of aliphatic hydroxyl groups is 1. The van der Waals surface area contributed by atoms with E-state index in [1.807, 2.05) is 0 Å². The van der Waals surface area contributed by atoms with Crippen LogP contribution in [0.2, 0.25) is 0 Å². The minimum absolute atomic E-state index is 0.217. The van der Waals surface area contributed by atoms with Crippen LogP contribution in [-0.2, 0) is 4.74 Å². The van der Waals surface area contributed by atoms with Crippen LogP contribution in [0.5, 0.6) is 0 Å². The Bertz CT molecular complexity index is 227. The molecule has 0 aromatic carbocycles. The maximum absolute atomic E-state index is 13.0. The first kappa shape index (κ1) is 11.6. The van der Waals surface area contributed by atoms with E-state index >= 15 is 0 Å². The predicted molar refractivity (Wildman–Crippen MR) is 35.7 cm³/mol. The van der Waals surface area contributed by atoms with Crippen molar-refractivity contribution in [2.24, 2.45) is 5.92 Å². The Balaban J connectivity index is 3.07. The fraction of sp³-hybridized carbons (Fsp3) is 1.00. The third kappa shape index (κ3) is 1.38. The Kier molecular flexibility index (Phi) is 2.52. The van der Waals surface area contributed by atoms with Crippen molar-refractivity contribution in [3.8, 4) is 0 Å². The van der Waals surface area contributed by atoms with Gasteiger partial charge in [0.05, 0.1) is 6.61 Å². The molecule has 1 N–H and O–H groups in total. The molecule has 2 atom stereocenters. The lowest BCUT2D eigenvalue weighted by Gasteiger charge is -2.43. The van der Waals surface area contributed by atoms with E-state index in [0.717, 1.165) is 6.92 Å². The largest absolute Gasteiger partial charge is 0.449 e. The van der Waals surface area contributed by atoms with Gasteiger partial charge in [0.1, 0.15) is 0 Å². The van der Waals surface area contributed by atoms with Gasteiger partial charge in [-0.25, -0.2) is 0 Å². The Hall–Kier alpha value is -0.430. The summed E-state index contributed by atoms with van der Waals surface area (Å²) < 4.78 is 66.3. The van der Waals surface area contributed by atoms with E-state index in [1.54, 1.807) is 0 Å². The summed E-state index contributed by atoms with van der Waals surface area (Å²) >= 11 is 0. The van der Waals surface area contributed by atoms with E-state index in [9.17, 15) is 22.0 Å². The summed E-state index contributed by atoms with van der Waals surface area (Å²) in [6, 6.07) is 0. The van der Waals surface area contributed by atoms with Crippen molar-refractivity contribution in [2.75, 3.05) is 6.61 Å². The average molecular weight is 220 g/mol. The maximum atomic E-state index is 13.0. The van der Waals surface area contributed by atoms with Gasteiger partial charge in [-0.1, -0.05) is 6.92 Å². The number of ether oxygens (including phenoxy) is 1. The van der Waals surface area contributed by atoms with Gasteiger partial charge in [-0.3, -0.25) is 0 Å². The predicted octanol–water partition coefficient (Wildman–Crippen LogP) is 1.93. The number of hydrogen-bond acceptors (Lipinski definition) is 2. The molecular weight excluding hydrogens is 211 g/mol. The molecule has 1 unspecified atom stereocenters.